The van der Waals surface area contributed by atoms with Gasteiger partial charge in [0.05, 0.1) is 18.1 Å². The molecule has 2 rings (SSSR count). The number of carbonyl (C=O) groups is 1. The van der Waals surface area contributed by atoms with Crippen LogP contribution >= 0.6 is 0 Å². The zero-order chi connectivity index (χ0) is 15.2. The highest BCUT2D eigenvalue weighted by molar-refractivity contribution is 5.78. The van der Waals surface area contributed by atoms with Gasteiger partial charge in [0.1, 0.15) is 0 Å². The Balaban J connectivity index is 1.99. The molecular weight excluding hydrogens is 260 g/mol. The molecular formula is C18H18N2O. The van der Waals surface area contributed by atoms with Crippen LogP contribution in [-0.4, -0.2) is 17.9 Å². The first-order valence-electron chi connectivity index (χ1n) is 6.87. The smallest absolute Gasteiger partial charge is 0.227 e. The van der Waals surface area contributed by atoms with Gasteiger partial charge in [0.15, 0.2) is 0 Å². The Morgan fingerprint density at radius 2 is 1.81 bits per heavy atom. The summed E-state index contributed by atoms with van der Waals surface area (Å²) < 4.78 is 0. The molecule has 0 fully saturated rings. The monoisotopic (exact) mass is 278 g/mol. The van der Waals surface area contributed by atoms with Crippen LogP contribution in [0.1, 0.15) is 22.3 Å². The molecule has 2 aromatic carbocycles. The number of nitrogens with zero attached hydrogens (tertiary/aromatic N) is 2. The molecule has 3 nitrogen and oxygen atoms in total. The van der Waals surface area contributed by atoms with Gasteiger partial charge in [0, 0.05) is 13.6 Å². The van der Waals surface area contributed by atoms with Crippen molar-refractivity contribution >= 4 is 5.91 Å². The molecule has 0 unspecified atom stereocenters. The van der Waals surface area contributed by atoms with Crippen molar-refractivity contribution in [1.29, 1.82) is 5.26 Å². The fourth-order valence-electron chi connectivity index (χ4n) is 2.14. The largest absolute Gasteiger partial charge is 0.341 e. The van der Waals surface area contributed by atoms with Gasteiger partial charge in [0.2, 0.25) is 5.91 Å². The second-order valence-corrected chi connectivity index (χ2v) is 5.16. The number of likely N-dealkylation sites (N-methyl/N-ethyl adjacent to an activating group) is 1. The van der Waals surface area contributed by atoms with Crippen molar-refractivity contribution in [2.24, 2.45) is 0 Å². The van der Waals surface area contributed by atoms with Crippen LogP contribution < -0.4 is 0 Å². The van der Waals surface area contributed by atoms with E-state index in [1.807, 2.05) is 50.4 Å². The number of hydrogen-bond acceptors (Lipinski definition) is 2. The SMILES string of the molecule is Cc1ccccc1CN(C)C(=O)Cc1ccc(C#N)cc1. The maximum atomic E-state index is 12.2. The molecule has 0 aliphatic rings. The number of rotatable bonds is 4. The number of carbonyl (C=O) groups excluding carboxylic acids is 1. The van der Waals surface area contributed by atoms with Crippen LogP contribution in [0.2, 0.25) is 0 Å². The van der Waals surface area contributed by atoms with E-state index in [0.717, 1.165) is 11.1 Å². The lowest BCUT2D eigenvalue weighted by atomic mass is 10.1. The lowest BCUT2D eigenvalue weighted by Crippen LogP contribution is -2.28. The second-order valence-electron chi connectivity index (χ2n) is 5.16. The zero-order valence-corrected chi connectivity index (χ0v) is 12.3. The van der Waals surface area contributed by atoms with E-state index >= 15 is 0 Å². The van der Waals surface area contributed by atoms with E-state index in [9.17, 15) is 4.79 Å². The Labute approximate surface area is 125 Å². The van der Waals surface area contributed by atoms with E-state index in [1.54, 1.807) is 17.0 Å². The number of hydrogen-bond donors (Lipinski definition) is 0. The Morgan fingerprint density at radius 3 is 2.43 bits per heavy atom. The maximum Gasteiger partial charge on any atom is 0.227 e. The highest BCUT2D eigenvalue weighted by atomic mass is 16.2. The summed E-state index contributed by atoms with van der Waals surface area (Å²) in [6, 6.07) is 17.3. The third-order valence-corrected chi connectivity index (χ3v) is 3.53. The van der Waals surface area contributed by atoms with Gasteiger partial charge >= 0.3 is 0 Å². The fraction of sp³-hybridized carbons (Fsp3) is 0.222. The van der Waals surface area contributed by atoms with E-state index in [0.29, 0.717) is 18.5 Å². The fourth-order valence-corrected chi connectivity index (χ4v) is 2.14. The van der Waals surface area contributed by atoms with Crippen LogP contribution in [0.3, 0.4) is 0 Å². The number of amides is 1. The summed E-state index contributed by atoms with van der Waals surface area (Å²) in [5.41, 5.74) is 3.89. The van der Waals surface area contributed by atoms with Gasteiger partial charge in [-0.2, -0.15) is 5.26 Å². The Bertz CT molecular complexity index is 668. The summed E-state index contributed by atoms with van der Waals surface area (Å²) >= 11 is 0. The Hall–Kier alpha value is -2.60. The summed E-state index contributed by atoms with van der Waals surface area (Å²) in [5, 5.41) is 8.76. The molecule has 0 N–H and O–H groups in total. The van der Waals surface area contributed by atoms with Crippen molar-refractivity contribution in [3.63, 3.8) is 0 Å². The van der Waals surface area contributed by atoms with E-state index in [1.165, 1.54) is 5.56 Å². The Morgan fingerprint density at radius 1 is 1.14 bits per heavy atom. The summed E-state index contributed by atoms with van der Waals surface area (Å²) in [6.45, 7) is 2.66. The van der Waals surface area contributed by atoms with Crippen molar-refractivity contribution in [2.45, 2.75) is 19.9 Å². The molecule has 2 aromatic rings. The van der Waals surface area contributed by atoms with Crippen molar-refractivity contribution in [3.05, 3.63) is 70.8 Å². The average Bonchev–Trinajstić information content (AvgIpc) is 2.50. The first kappa shape index (κ1) is 14.8. The zero-order valence-electron chi connectivity index (χ0n) is 12.3. The van der Waals surface area contributed by atoms with Gasteiger partial charge in [-0.15, -0.1) is 0 Å². The van der Waals surface area contributed by atoms with Gasteiger partial charge < -0.3 is 4.90 Å². The molecule has 0 aliphatic heterocycles. The lowest BCUT2D eigenvalue weighted by Gasteiger charge is -2.18. The normalized spacial score (nSPS) is 9.95. The summed E-state index contributed by atoms with van der Waals surface area (Å²) in [4.78, 5) is 14.0. The van der Waals surface area contributed by atoms with E-state index in [-0.39, 0.29) is 5.91 Å². The molecule has 0 aromatic heterocycles. The number of aryl methyl sites for hydroxylation is 1. The summed E-state index contributed by atoms with van der Waals surface area (Å²) in [6.07, 6.45) is 0.355. The van der Waals surface area contributed by atoms with Crippen molar-refractivity contribution < 1.29 is 4.79 Å². The molecule has 0 heterocycles. The molecule has 0 spiro atoms. The Kier molecular flexibility index (Phi) is 4.73. The summed E-state index contributed by atoms with van der Waals surface area (Å²) in [7, 11) is 1.82. The van der Waals surface area contributed by atoms with Gasteiger partial charge in [-0.25, -0.2) is 0 Å². The van der Waals surface area contributed by atoms with Gasteiger partial charge in [-0.05, 0) is 35.7 Å². The van der Waals surface area contributed by atoms with Gasteiger partial charge in [-0.1, -0.05) is 36.4 Å². The topological polar surface area (TPSA) is 44.1 Å². The molecule has 0 aliphatic carbocycles. The number of nitriles is 1. The van der Waals surface area contributed by atoms with E-state index < -0.39 is 0 Å². The van der Waals surface area contributed by atoms with E-state index in [2.05, 4.69) is 6.07 Å². The summed E-state index contributed by atoms with van der Waals surface area (Å²) in [5.74, 6) is 0.0722. The highest BCUT2D eigenvalue weighted by Crippen LogP contribution is 2.11. The first-order chi connectivity index (χ1) is 10.1. The minimum absolute atomic E-state index is 0.0722. The van der Waals surface area contributed by atoms with Crippen molar-refractivity contribution in [1.82, 2.24) is 4.90 Å². The second kappa shape index (κ2) is 6.71. The molecule has 3 heteroatoms. The first-order valence-corrected chi connectivity index (χ1v) is 6.87. The molecule has 21 heavy (non-hydrogen) atoms. The number of benzene rings is 2. The van der Waals surface area contributed by atoms with E-state index in [4.69, 9.17) is 5.26 Å². The van der Waals surface area contributed by atoms with Crippen LogP contribution in [-0.2, 0) is 17.8 Å². The van der Waals surface area contributed by atoms with Gasteiger partial charge in [0.25, 0.3) is 0 Å². The van der Waals surface area contributed by atoms with Crippen molar-refractivity contribution in [2.75, 3.05) is 7.05 Å². The maximum absolute atomic E-state index is 12.2. The molecule has 106 valence electrons. The lowest BCUT2D eigenvalue weighted by molar-refractivity contribution is -0.129. The standard InChI is InChI=1S/C18H18N2O/c1-14-5-3-4-6-17(14)13-20(2)18(21)11-15-7-9-16(12-19)10-8-15/h3-10H,11,13H2,1-2H3. The molecule has 1 amide bonds. The average molecular weight is 278 g/mol. The third-order valence-electron chi connectivity index (χ3n) is 3.53. The molecule has 0 saturated carbocycles. The van der Waals surface area contributed by atoms with Crippen LogP contribution in [0.15, 0.2) is 48.5 Å². The van der Waals surface area contributed by atoms with Crippen molar-refractivity contribution in [3.8, 4) is 6.07 Å². The molecule has 0 radical (unpaired) electrons. The molecule has 0 bridgehead atoms. The van der Waals surface area contributed by atoms with Crippen LogP contribution in [0.25, 0.3) is 0 Å². The molecule has 0 atom stereocenters. The highest BCUT2D eigenvalue weighted by Gasteiger charge is 2.11. The van der Waals surface area contributed by atoms with Crippen LogP contribution in [0, 0.1) is 18.3 Å². The van der Waals surface area contributed by atoms with Crippen LogP contribution in [0.5, 0.6) is 0 Å². The third kappa shape index (κ3) is 3.93. The van der Waals surface area contributed by atoms with Gasteiger partial charge in [-0.3, -0.25) is 4.79 Å². The quantitative estimate of drug-likeness (QED) is 0.862. The predicted molar refractivity (Wildman–Crippen MR) is 82.5 cm³/mol. The minimum atomic E-state index is 0.0722. The minimum Gasteiger partial charge on any atom is -0.341 e. The predicted octanol–water partition coefficient (Wildman–Crippen LogP) is 3.07. The molecule has 0 saturated heterocycles. The van der Waals surface area contributed by atoms with Crippen LogP contribution in [0.4, 0.5) is 0 Å².